The van der Waals surface area contributed by atoms with E-state index in [0.717, 1.165) is 22.4 Å². The van der Waals surface area contributed by atoms with E-state index < -0.39 is 17.4 Å². The lowest BCUT2D eigenvalue weighted by Crippen LogP contribution is -2.36. The zero-order valence-electron chi connectivity index (χ0n) is 21.3. The summed E-state index contributed by atoms with van der Waals surface area (Å²) >= 11 is 1.52. The van der Waals surface area contributed by atoms with Crippen molar-refractivity contribution in [2.45, 2.75) is 38.4 Å². The molecule has 0 aliphatic heterocycles. The molecule has 2 N–H and O–H groups in total. The van der Waals surface area contributed by atoms with Crippen molar-refractivity contribution in [2.75, 3.05) is 22.5 Å². The van der Waals surface area contributed by atoms with Gasteiger partial charge in [-0.25, -0.2) is 14.6 Å². The molecule has 0 fully saturated rings. The van der Waals surface area contributed by atoms with Gasteiger partial charge in [0.1, 0.15) is 6.04 Å². The van der Waals surface area contributed by atoms with Crippen molar-refractivity contribution in [3.05, 3.63) is 84.9 Å². The van der Waals surface area contributed by atoms with E-state index in [2.05, 4.69) is 5.32 Å². The van der Waals surface area contributed by atoms with Crippen LogP contribution in [0.2, 0.25) is 0 Å². The van der Waals surface area contributed by atoms with Gasteiger partial charge in [0.15, 0.2) is 5.16 Å². The first-order chi connectivity index (χ1) is 17.8. The zero-order valence-corrected chi connectivity index (χ0v) is 22.1. The highest BCUT2D eigenvalue weighted by Gasteiger charge is 2.35. The molecule has 2 amide bonds. The van der Waals surface area contributed by atoms with E-state index in [1.165, 1.54) is 11.8 Å². The maximum Gasteiger partial charge on any atom is 0.327 e. The average Bonchev–Trinajstić information content (AvgIpc) is 3.22. The molecule has 0 radical (unpaired) electrons. The number of amides is 2. The second kappa shape index (κ2) is 11.5. The predicted molar refractivity (Wildman–Crippen MR) is 150 cm³/mol. The van der Waals surface area contributed by atoms with Crippen molar-refractivity contribution < 1.29 is 14.7 Å². The first kappa shape index (κ1) is 26.3. The fourth-order valence-electron chi connectivity index (χ4n) is 4.30. The molecule has 0 bridgehead atoms. The summed E-state index contributed by atoms with van der Waals surface area (Å²) in [6.45, 7) is 6.28. The van der Waals surface area contributed by atoms with Gasteiger partial charge >= 0.3 is 12.0 Å². The smallest absolute Gasteiger partial charge is 0.327 e. The van der Waals surface area contributed by atoms with Crippen LogP contribution >= 0.6 is 11.8 Å². The van der Waals surface area contributed by atoms with Gasteiger partial charge in [-0.3, -0.25) is 4.90 Å². The highest BCUT2D eigenvalue weighted by atomic mass is 32.2. The van der Waals surface area contributed by atoms with Gasteiger partial charge in [0, 0.05) is 23.7 Å². The van der Waals surface area contributed by atoms with E-state index in [0.29, 0.717) is 23.9 Å². The van der Waals surface area contributed by atoms with Crippen molar-refractivity contribution in [1.29, 1.82) is 0 Å². The third-order valence-corrected chi connectivity index (χ3v) is 7.01. The van der Waals surface area contributed by atoms with Gasteiger partial charge < -0.3 is 15.0 Å². The molecule has 0 saturated carbocycles. The van der Waals surface area contributed by atoms with E-state index in [4.69, 9.17) is 4.98 Å². The molecule has 0 spiro atoms. The lowest BCUT2D eigenvalue weighted by molar-refractivity contribution is -0.144. The number of imidazole rings is 1. The van der Waals surface area contributed by atoms with Gasteiger partial charge in [0.2, 0.25) is 0 Å². The standard InChI is InChI=1S/C29H32N4O3S/c1-29(2,3)25(26(34)35)33-24-18-11-10-17-23(24)31-28(33)37-20-12-19-32(22-15-8-5-9-16-22)27(36)30-21-13-6-4-7-14-21/h4-11,13-18,25H,12,19-20H2,1-3H3,(H,30,36)(H,34,35). The molecule has 37 heavy (non-hydrogen) atoms. The van der Waals surface area contributed by atoms with Crippen molar-refractivity contribution in [3.8, 4) is 0 Å². The van der Waals surface area contributed by atoms with E-state index in [1.807, 2.05) is 110 Å². The fraction of sp³-hybridized carbons (Fsp3) is 0.276. The summed E-state index contributed by atoms with van der Waals surface area (Å²) in [5.41, 5.74) is 2.61. The molecule has 8 heteroatoms. The summed E-state index contributed by atoms with van der Waals surface area (Å²) in [6.07, 6.45) is 0.693. The first-order valence-electron chi connectivity index (χ1n) is 12.3. The highest BCUT2D eigenvalue weighted by molar-refractivity contribution is 7.99. The molecule has 1 unspecified atom stereocenters. The second-order valence-electron chi connectivity index (χ2n) is 9.85. The number of benzene rings is 3. The zero-order chi connectivity index (χ0) is 26.4. The summed E-state index contributed by atoms with van der Waals surface area (Å²) in [7, 11) is 0. The molecule has 4 aromatic rings. The number of thioether (sulfide) groups is 1. The van der Waals surface area contributed by atoms with Crippen LogP contribution in [0.25, 0.3) is 11.0 Å². The monoisotopic (exact) mass is 516 g/mol. The van der Waals surface area contributed by atoms with Crippen molar-refractivity contribution in [3.63, 3.8) is 0 Å². The van der Waals surface area contributed by atoms with Crippen molar-refractivity contribution in [1.82, 2.24) is 9.55 Å². The van der Waals surface area contributed by atoms with Crippen LogP contribution in [-0.4, -0.2) is 39.0 Å². The van der Waals surface area contributed by atoms with Crippen LogP contribution in [0.1, 0.15) is 33.2 Å². The Balaban J connectivity index is 1.51. The number of carboxylic acids is 1. The molecule has 7 nitrogen and oxygen atoms in total. The Morgan fingerprint density at radius 3 is 2.24 bits per heavy atom. The molecule has 192 valence electrons. The number of para-hydroxylation sites is 4. The molecule has 0 saturated heterocycles. The van der Waals surface area contributed by atoms with Crippen molar-refractivity contribution >= 4 is 46.2 Å². The topological polar surface area (TPSA) is 87.5 Å². The normalized spacial score (nSPS) is 12.3. The van der Waals surface area contributed by atoms with E-state index in [-0.39, 0.29) is 6.03 Å². The highest BCUT2D eigenvalue weighted by Crippen LogP contribution is 2.37. The van der Waals surface area contributed by atoms with Gasteiger partial charge in [-0.05, 0) is 48.2 Å². The van der Waals surface area contributed by atoms with Gasteiger partial charge in [0.25, 0.3) is 0 Å². The molecular formula is C29H32N4O3S. The number of carbonyl (C=O) groups excluding carboxylic acids is 1. The number of carbonyl (C=O) groups is 2. The summed E-state index contributed by atoms with van der Waals surface area (Å²) in [5, 5.41) is 13.7. The van der Waals surface area contributed by atoms with Gasteiger partial charge in [-0.2, -0.15) is 0 Å². The quantitative estimate of drug-likeness (QED) is 0.186. The van der Waals surface area contributed by atoms with Gasteiger partial charge in [-0.1, -0.05) is 81.1 Å². The SMILES string of the molecule is CC(C)(C)C(C(=O)O)n1c(SCCCN(C(=O)Nc2ccccc2)c2ccccc2)nc2ccccc21. The van der Waals surface area contributed by atoms with Crippen LogP contribution in [0.3, 0.4) is 0 Å². The van der Waals surface area contributed by atoms with Crippen LogP contribution in [0, 0.1) is 5.41 Å². The Morgan fingerprint density at radius 2 is 1.59 bits per heavy atom. The summed E-state index contributed by atoms with van der Waals surface area (Å²) < 4.78 is 1.85. The number of hydrogen-bond donors (Lipinski definition) is 2. The Bertz CT molecular complexity index is 1350. The maximum atomic E-state index is 13.1. The molecule has 0 aliphatic carbocycles. The lowest BCUT2D eigenvalue weighted by atomic mass is 9.86. The average molecular weight is 517 g/mol. The second-order valence-corrected chi connectivity index (χ2v) is 10.9. The third kappa shape index (κ3) is 6.32. The number of urea groups is 1. The minimum absolute atomic E-state index is 0.201. The van der Waals surface area contributed by atoms with E-state index >= 15 is 0 Å². The predicted octanol–water partition coefficient (Wildman–Crippen LogP) is 6.93. The van der Waals surface area contributed by atoms with Crippen molar-refractivity contribution in [2.24, 2.45) is 5.41 Å². The van der Waals surface area contributed by atoms with Crippen LogP contribution < -0.4 is 10.2 Å². The van der Waals surface area contributed by atoms with Crippen LogP contribution in [0.15, 0.2) is 90.1 Å². The van der Waals surface area contributed by atoms with E-state index in [9.17, 15) is 14.7 Å². The summed E-state index contributed by atoms with van der Waals surface area (Å²) in [4.78, 5) is 32.0. The Morgan fingerprint density at radius 1 is 0.973 bits per heavy atom. The molecule has 1 aromatic heterocycles. The number of aliphatic carboxylic acids is 1. The Labute approximate surface area is 221 Å². The largest absolute Gasteiger partial charge is 0.480 e. The number of aromatic nitrogens is 2. The van der Waals surface area contributed by atoms with Crippen LogP contribution in [0.4, 0.5) is 16.2 Å². The maximum absolute atomic E-state index is 13.1. The Hall–Kier alpha value is -3.78. The molecule has 1 atom stereocenters. The molecule has 1 heterocycles. The molecule has 0 aliphatic rings. The van der Waals surface area contributed by atoms with Gasteiger partial charge in [-0.15, -0.1) is 0 Å². The molecule has 3 aromatic carbocycles. The van der Waals surface area contributed by atoms with Crippen LogP contribution in [-0.2, 0) is 4.79 Å². The molecular weight excluding hydrogens is 484 g/mol. The Kier molecular flexibility index (Phi) is 8.18. The lowest BCUT2D eigenvalue weighted by Gasteiger charge is -2.30. The minimum atomic E-state index is -0.884. The number of anilines is 2. The summed E-state index contributed by atoms with van der Waals surface area (Å²) in [6, 6.07) is 25.6. The van der Waals surface area contributed by atoms with E-state index in [1.54, 1.807) is 4.90 Å². The number of rotatable bonds is 9. The summed E-state index contributed by atoms with van der Waals surface area (Å²) in [5.74, 6) is -0.216. The number of hydrogen-bond acceptors (Lipinski definition) is 4. The van der Waals surface area contributed by atoms with Gasteiger partial charge in [0.05, 0.1) is 11.0 Å². The third-order valence-electron chi connectivity index (χ3n) is 5.97. The molecule has 4 rings (SSSR count). The number of carboxylic acid groups (broad SMARTS) is 1. The van der Waals surface area contributed by atoms with Crippen LogP contribution in [0.5, 0.6) is 0 Å². The fourth-order valence-corrected chi connectivity index (χ4v) is 5.26. The minimum Gasteiger partial charge on any atom is -0.480 e. The number of nitrogens with one attached hydrogen (secondary N) is 1. The number of nitrogens with zero attached hydrogens (tertiary/aromatic N) is 3. The first-order valence-corrected chi connectivity index (χ1v) is 13.3. The number of fused-ring (bicyclic) bond motifs is 1.